The number of hydrogen-bond acceptors (Lipinski definition) is 5. The lowest BCUT2D eigenvalue weighted by atomic mass is 9.81. The Kier molecular flexibility index (Phi) is 3.46. The smallest absolute Gasteiger partial charge is 0.0985 e. The Morgan fingerprint density at radius 1 is 1.21 bits per heavy atom. The van der Waals surface area contributed by atoms with Gasteiger partial charge in [0.05, 0.1) is 25.1 Å². The molecule has 4 rings (SSSR count). The van der Waals surface area contributed by atoms with Crippen LogP contribution >= 0.6 is 11.6 Å². The Hall–Kier alpha value is 0.0900. The van der Waals surface area contributed by atoms with Crippen molar-refractivity contribution in [2.45, 2.75) is 62.0 Å². The van der Waals surface area contributed by atoms with Crippen molar-refractivity contribution in [1.82, 2.24) is 21.1 Å². The van der Waals surface area contributed by atoms with Gasteiger partial charge >= 0.3 is 0 Å². The highest BCUT2D eigenvalue weighted by Gasteiger charge is 2.47. The lowest BCUT2D eigenvalue weighted by molar-refractivity contribution is 0.0228. The third-order valence-electron chi connectivity index (χ3n) is 5.09. The van der Waals surface area contributed by atoms with Crippen LogP contribution in [0, 0.1) is 5.92 Å². The van der Waals surface area contributed by atoms with Gasteiger partial charge < -0.3 is 10.1 Å². The highest BCUT2D eigenvalue weighted by molar-refractivity contribution is 6.20. The number of hydrogen-bond donors (Lipinski definition) is 3. The molecule has 3 aliphatic heterocycles. The van der Waals surface area contributed by atoms with Crippen molar-refractivity contribution in [2.75, 3.05) is 13.3 Å². The molecule has 1 aliphatic carbocycles. The minimum Gasteiger partial charge on any atom is -0.375 e. The molecular weight excluding hydrogens is 264 g/mol. The summed E-state index contributed by atoms with van der Waals surface area (Å²) in [4.78, 5) is 0. The van der Waals surface area contributed by atoms with Crippen LogP contribution in [0.15, 0.2) is 0 Å². The van der Waals surface area contributed by atoms with E-state index in [1.54, 1.807) is 0 Å². The molecule has 4 aliphatic rings. The summed E-state index contributed by atoms with van der Waals surface area (Å²) in [6, 6.07) is 0.619. The second-order valence-corrected chi connectivity index (χ2v) is 6.90. The van der Waals surface area contributed by atoms with E-state index in [4.69, 9.17) is 16.3 Å². The van der Waals surface area contributed by atoms with E-state index in [0.29, 0.717) is 29.6 Å². The predicted molar refractivity (Wildman–Crippen MR) is 73.4 cm³/mol. The first-order valence-corrected chi connectivity index (χ1v) is 8.03. The second-order valence-electron chi connectivity index (χ2n) is 6.28. The van der Waals surface area contributed by atoms with E-state index < -0.39 is 0 Å². The summed E-state index contributed by atoms with van der Waals surface area (Å²) in [5.74, 6) is 0.601. The number of rotatable bonds is 1. The number of nitrogens with one attached hydrogen (secondary N) is 3. The van der Waals surface area contributed by atoms with Crippen LogP contribution in [0.1, 0.15) is 32.1 Å². The zero-order valence-electron chi connectivity index (χ0n) is 11.1. The molecule has 6 unspecified atom stereocenters. The predicted octanol–water partition coefficient (Wildman–Crippen LogP) is 0.564. The number of alkyl halides is 1. The van der Waals surface area contributed by atoms with Crippen LogP contribution in [0.4, 0.5) is 0 Å². The summed E-state index contributed by atoms with van der Waals surface area (Å²) >= 11 is 6.37. The third kappa shape index (κ3) is 2.30. The van der Waals surface area contributed by atoms with Crippen molar-refractivity contribution in [3.8, 4) is 0 Å². The SMILES string of the molecule is ClC1CCC2NCN3NC(C4CCCO4)NC3C2C1. The minimum atomic E-state index is 0.267. The van der Waals surface area contributed by atoms with Crippen LogP contribution in [-0.4, -0.2) is 48.1 Å². The maximum atomic E-state index is 6.37. The van der Waals surface area contributed by atoms with E-state index in [-0.39, 0.29) is 6.17 Å². The average molecular weight is 287 g/mol. The fraction of sp³-hybridized carbons (Fsp3) is 1.00. The topological polar surface area (TPSA) is 48.6 Å². The first kappa shape index (κ1) is 12.8. The van der Waals surface area contributed by atoms with E-state index in [0.717, 1.165) is 32.5 Å². The van der Waals surface area contributed by atoms with Gasteiger partial charge in [-0.2, -0.15) is 0 Å². The molecule has 1 saturated carbocycles. The van der Waals surface area contributed by atoms with Gasteiger partial charge in [-0.1, -0.05) is 0 Å². The normalized spacial score (nSPS) is 51.0. The van der Waals surface area contributed by atoms with Crippen molar-refractivity contribution in [2.24, 2.45) is 5.92 Å². The molecule has 0 amide bonds. The lowest BCUT2D eigenvalue weighted by Gasteiger charge is -2.45. The maximum Gasteiger partial charge on any atom is 0.0985 e. The highest BCUT2D eigenvalue weighted by atomic mass is 35.5. The molecule has 4 fully saturated rings. The van der Waals surface area contributed by atoms with Gasteiger partial charge in [-0.3, -0.25) is 5.32 Å². The van der Waals surface area contributed by atoms with Gasteiger partial charge in [0.25, 0.3) is 0 Å². The first-order chi connectivity index (χ1) is 9.31. The van der Waals surface area contributed by atoms with Gasteiger partial charge in [0.2, 0.25) is 0 Å². The molecule has 108 valence electrons. The molecule has 6 atom stereocenters. The van der Waals surface area contributed by atoms with Crippen LogP contribution in [0.3, 0.4) is 0 Å². The van der Waals surface area contributed by atoms with Crippen molar-refractivity contribution >= 4 is 11.6 Å². The molecule has 19 heavy (non-hydrogen) atoms. The number of fused-ring (bicyclic) bond motifs is 3. The summed E-state index contributed by atoms with van der Waals surface area (Å²) in [6.07, 6.45) is 6.78. The zero-order chi connectivity index (χ0) is 12.8. The summed E-state index contributed by atoms with van der Waals surface area (Å²) in [6.45, 7) is 1.82. The number of nitrogens with zero attached hydrogens (tertiary/aromatic N) is 1. The molecule has 3 heterocycles. The molecule has 0 aromatic rings. The summed E-state index contributed by atoms with van der Waals surface area (Å²) in [5.41, 5.74) is 3.57. The number of halogens is 1. The summed E-state index contributed by atoms with van der Waals surface area (Å²) in [7, 11) is 0. The molecule has 0 aromatic carbocycles. The van der Waals surface area contributed by atoms with Gasteiger partial charge in [-0.15, -0.1) is 11.6 Å². The van der Waals surface area contributed by atoms with Crippen LogP contribution in [0.5, 0.6) is 0 Å². The Balaban J connectivity index is 1.47. The van der Waals surface area contributed by atoms with Crippen molar-refractivity contribution in [3.05, 3.63) is 0 Å². The standard InChI is InChI=1S/C13H23ClN4O/c14-8-3-4-10-9(6-8)13-16-12(11-2-1-5-19-11)17-18(13)7-15-10/h8-13,15-17H,1-7H2. The molecule has 5 nitrogen and oxygen atoms in total. The molecule has 6 heteroatoms. The summed E-state index contributed by atoms with van der Waals surface area (Å²) in [5, 5.41) is 10.0. The van der Waals surface area contributed by atoms with Crippen molar-refractivity contribution in [1.29, 1.82) is 0 Å². The quantitative estimate of drug-likeness (QED) is 0.615. The Bertz CT molecular complexity index is 339. The molecule has 3 saturated heterocycles. The fourth-order valence-corrected chi connectivity index (χ4v) is 4.43. The zero-order valence-corrected chi connectivity index (χ0v) is 11.9. The van der Waals surface area contributed by atoms with Crippen molar-refractivity contribution in [3.63, 3.8) is 0 Å². The Morgan fingerprint density at radius 3 is 3.00 bits per heavy atom. The van der Waals surface area contributed by atoms with E-state index >= 15 is 0 Å². The van der Waals surface area contributed by atoms with Gasteiger partial charge in [-0.25, -0.2) is 10.4 Å². The molecule has 0 radical (unpaired) electrons. The largest absolute Gasteiger partial charge is 0.375 e. The summed E-state index contributed by atoms with van der Waals surface area (Å²) < 4.78 is 5.80. The lowest BCUT2D eigenvalue weighted by Crippen LogP contribution is -2.62. The number of ether oxygens (including phenoxy) is 1. The van der Waals surface area contributed by atoms with Crippen LogP contribution < -0.4 is 16.1 Å². The minimum absolute atomic E-state index is 0.267. The van der Waals surface area contributed by atoms with Gasteiger partial charge in [0.1, 0.15) is 0 Å². The Morgan fingerprint density at radius 2 is 2.16 bits per heavy atom. The highest BCUT2D eigenvalue weighted by Crippen LogP contribution is 2.35. The third-order valence-corrected chi connectivity index (χ3v) is 5.49. The van der Waals surface area contributed by atoms with Gasteiger partial charge in [0, 0.05) is 23.9 Å². The maximum absolute atomic E-state index is 6.37. The van der Waals surface area contributed by atoms with Crippen LogP contribution in [0.25, 0.3) is 0 Å². The van der Waals surface area contributed by atoms with Gasteiger partial charge in [0.15, 0.2) is 0 Å². The first-order valence-electron chi connectivity index (χ1n) is 7.59. The molecular formula is C13H23ClN4O. The van der Waals surface area contributed by atoms with E-state index in [1.165, 1.54) is 12.8 Å². The molecule has 3 N–H and O–H groups in total. The van der Waals surface area contributed by atoms with E-state index in [9.17, 15) is 0 Å². The molecule has 0 spiro atoms. The van der Waals surface area contributed by atoms with Crippen molar-refractivity contribution < 1.29 is 4.74 Å². The molecule has 0 aromatic heterocycles. The van der Waals surface area contributed by atoms with Crippen LogP contribution in [0.2, 0.25) is 0 Å². The monoisotopic (exact) mass is 286 g/mol. The van der Waals surface area contributed by atoms with E-state index in [1.807, 2.05) is 0 Å². The fourth-order valence-electron chi connectivity index (χ4n) is 4.09. The van der Waals surface area contributed by atoms with E-state index in [2.05, 4.69) is 21.1 Å². The van der Waals surface area contributed by atoms with Gasteiger partial charge in [-0.05, 0) is 32.1 Å². The molecule has 0 bridgehead atoms. The van der Waals surface area contributed by atoms with Crippen LogP contribution in [-0.2, 0) is 4.74 Å². The Labute approximate surface area is 119 Å². The number of hydrazine groups is 1. The average Bonchev–Trinajstić information content (AvgIpc) is 3.07. The second kappa shape index (κ2) is 5.13.